The van der Waals surface area contributed by atoms with E-state index in [1.165, 1.54) is 0 Å². The number of aromatic nitrogens is 2. The average Bonchev–Trinajstić information content (AvgIpc) is 2.97. The topological polar surface area (TPSA) is 86.9 Å². The lowest BCUT2D eigenvalue weighted by Gasteiger charge is -2.10. The minimum atomic E-state index is -3.49. The Morgan fingerprint density at radius 3 is 2.80 bits per heavy atom. The summed E-state index contributed by atoms with van der Waals surface area (Å²) in [7, 11) is -1.79. The van der Waals surface area contributed by atoms with Crippen LogP contribution in [0.15, 0.2) is 41.6 Å². The number of H-pyrrole nitrogens is 1. The van der Waals surface area contributed by atoms with Crippen LogP contribution in [-0.4, -0.2) is 32.0 Å². The molecule has 108 valence electrons. The summed E-state index contributed by atoms with van der Waals surface area (Å²) in [6.07, 6.45) is 4.84. The number of sulfonamides is 1. The number of para-hydroxylation sites is 1. The number of hydrogen-bond acceptors (Lipinski definition) is 4. The predicted molar refractivity (Wildman–Crippen MR) is 78.1 cm³/mol. The lowest BCUT2D eigenvalue weighted by molar-refractivity contribution is 0.578. The van der Waals surface area contributed by atoms with Gasteiger partial charge in [-0.25, -0.2) is 18.1 Å². The Morgan fingerprint density at radius 1 is 1.30 bits per heavy atom. The van der Waals surface area contributed by atoms with E-state index in [0.717, 1.165) is 5.82 Å². The molecule has 0 atom stereocenters. The zero-order valence-electron chi connectivity index (χ0n) is 11.3. The Labute approximate surface area is 118 Å². The van der Waals surface area contributed by atoms with E-state index >= 15 is 0 Å². The van der Waals surface area contributed by atoms with E-state index in [0.29, 0.717) is 25.1 Å². The second-order valence-corrected chi connectivity index (χ2v) is 6.02. The van der Waals surface area contributed by atoms with E-state index in [1.807, 2.05) is 0 Å². The normalized spacial score (nSPS) is 11.4. The van der Waals surface area contributed by atoms with Crippen LogP contribution in [0.5, 0.6) is 0 Å². The molecule has 0 fully saturated rings. The third-order valence-corrected chi connectivity index (χ3v) is 4.40. The first kappa shape index (κ1) is 14.5. The molecule has 0 spiro atoms. The van der Waals surface area contributed by atoms with E-state index < -0.39 is 10.0 Å². The van der Waals surface area contributed by atoms with Crippen LogP contribution in [0.2, 0.25) is 0 Å². The molecule has 0 unspecified atom stereocenters. The molecule has 2 aromatic rings. The van der Waals surface area contributed by atoms with Gasteiger partial charge >= 0.3 is 0 Å². The highest BCUT2D eigenvalue weighted by atomic mass is 32.2. The molecular formula is C13H18N4O2S. The Morgan fingerprint density at radius 2 is 2.10 bits per heavy atom. The Bertz CT molecular complexity index is 638. The van der Waals surface area contributed by atoms with Crippen LogP contribution in [0.4, 0.5) is 5.69 Å². The standard InChI is InChI=1S/C13H18N4O2S/c1-14-11-5-2-3-6-12(11)20(18,19)17-8-4-7-13-15-9-10-16-13/h2-3,5-6,9-10,14,17H,4,7-8H2,1H3,(H,15,16). The number of hydrogen-bond donors (Lipinski definition) is 3. The number of anilines is 1. The summed E-state index contributed by atoms with van der Waals surface area (Å²) in [6.45, 7) is 0.376. The molecule has 0 saturated heterocycles. The molecule has 6 nitrogen and oxygen atoms in total. The predicted octanol–water partition coefficient (Wildman–Crippen LogP) is 1.36. The first-order valence-electron chi connectivity index (χ1n) is 6.38. The molecule has 0 aliphatic carbocycles. The van der Waals surface area contributed by atoms with Crippen LogP contribution in [0.1, 0.15) is 12.2 Å². The number of nitrogens with zero attached hydrogens (tertiary/aromatic N) is 1. The summed E-state index contributed by atoms with van der Waals surface area (Å²) < 4.78 is 27.0. The number of nitrogens with one attached hydrogen (secondary N) is 3. The van der Waals surface area contributed by atoms with Crippen LogP contribution in [0, 0.1) is 0 Å². The molecule has 2 rings (SSSR count). The van der Waals surface area contributed by atoms with E-state index in [-0.39, 0.29) is 4.90 Å². The molecule has 0 amide bonds. The van der Waals surface area contributed by atoms with Crippen molar-refractivity contribution in [3.8, 4) is 0 Å². The maximum atomic E-state index is 12.2. The highest BCUT2D eigenvalue weighted by molar-refractivity contribution is 7.89. The van der Waals surface area contributed by atoms with Crippen molar-refractivity contribution in [1.82, 2.24) is 14.7 Å². The van der Waals surface area contributed by atoms with Crippen LogP contribution >= 0.6 is 0 Å². The second-order valence-electron chi connectivity index (χ2n) is 4.28. The maximum Gasteiger partial charge on any atom is 0.242 e. The molecule has 3 N–H and O–H groups in total. The zero-order chi connectivity index (χ0) is 14.4. The first-order chi connectivity index (χ1) is 9.63. The summed E-state index contributed by atoms with van der Waals surface area (Å²) in [6, 6.07) is 6.82. The van der Waals surface area contributed by atoms with Crippen molar-refractivity contribution in [1.29, 1.82) is 0 Å². The van der Waals surface area contributed by atoms with E-state index in [1.54, 1.807) is 43.7 Å². The fraction of sp³-hybridized carbons (Fsp3) is 0.308. The van der Waals surface area contributed by atoms with Gasteiger partial charge in [-0.1, -0.05) is 12.1 Å². The molecule has 0 saturated carbocycles. The van der Waals surface area contributed by atoms with Crippen molar-refractivity contribution >= 4 is 15.7 Å². The molecular weight excluding hydrogens is 276 g/mol. The van der Waals surface area contributed by atoms with Gasteiger partial charge in [-0.3, -0.25) is 0 Å². The van der Waals surface area contributed by atoms with Gasteiger partial charge in [0, 0.05) is 32.4 Å². The van der Waals surface area contributed by atoms with Gasteiger partial charge in [0.2, 0.25) is 10.0 Å². The van der Waals surface area contributed by atoms with Gasteiger partial charge < -0.3 is 10.3 Å². The Kier molecular flexibility index (Phi) is 4.75. The van der Waals surface area contributed by atoms with Gasteiger partial charge in [0.1, 0.15) is 10.7 Å². The minimum absolute atomic E-state index is 0.264. The summed E-state index contributed by atoms with van der Waals surface area (Å²) in [5.74, 6) is 0.861. The quantitative estimate of drug-likeness (QED) is 0.673. The van der Waals surface area contributed by atoms with Crippen molar-refractivity contribution in [2.75, 3.05) is 18.9 Å². The number of aromatic amines is 1. The SMILES string of the molecule is CNc1ccccc1S(=O)(=O)NCCCc1ncc[nH]1. The van der Waals surface area contributed by atoms with Crippen molar-refractivity contribution in [2.45, 2.75) is 17.7 Å². The average molecular weight is 294 g/mol. The molecule has 0 aliphatic heterocycles. The van der Waals surface area contributed by atoms with Gasteiger partial charge in [0.25, 0.3) is 0 Å². The molecule has 0 radical (unpaired) electrons. The molecule has 1 heterocycles. The zero-order valence-corrected chi connectivity index (χ0v) is 12.1. The fourth-order valence-corrected chi connectivity index (χ4v) is 3.17. The highest BCUT2D eigenvalue weighted by Crippen LogP contribution is 2.19. The highest BCUT2D eigenvalue weighted by Gasteiger charge is 2.16. The van der Waals surface area contributed by atoms with Gasteiger partial charge in [0.15, 0.2) is 0 Å². The lowest BCUT2D eigenvalue weighted by atomic mass is 10.3. The number of aryl methyl sites for hydroxylation is 1. The van der Waals surface area contributed by atoms with E-state index in [9.17, 15) is 8.42 Å². The van der Waals surface area contributed by atoms with Gasteiger partial charge in [-0.15, -0.1) is 0 Å². The van der Waals surface area contributed by atoms with Gasteiger partial charge in [-0.05, 0) is 18.6 Å². The van der Waals surface area contributed by atoms with Crippen molar-refractivity contribution in [3.05, 3.63) is 42.5 Å². The summed E-state index contributed by atoms with van der Waals surface area (Å²) >= 11 is 0. The molecule has 1 aromatic heterocycles. The van der Waals surface area contributed by atoms with Crippen molar-refractivity contribution in [3.63, 3.8) is 0 Å². The largest absolute Gasteiger partial charge is 0.387 e. The Balaban J connectivity index is 1.94. The molecule has 0 bridgehead atoms. The number of benzene rings is 1. The van der Waals surface area contributed by atoms with E-state index in [2.05, 4.69) is 20.0 Å². The van der Waals surface area contributed by atoms with Crippen molar-refractivity contribution < 1.29 is 8.42 Å². The second kappa shape index (κ2) is 6.53. The van der Waals surface area contributed by atoms with Crippen LogP contribution in [-0.2, 0) is 16.4 Å². The van der Waals surface area contributed by atoms with Crippen LogP contribution < -0.4 is 10.0 Å². The maximum absolute atomic E-state index is 12.2. The Hall–Kier alpha value is -1.86. The molecule has 1 aromatic carbocycles. The molecule has 20 heavy (non-hydrogen) atoms. The van der Waals surface area contributed by atoms with Crippen LogP contribution in [0.25, 0.3) is 0 Å². The summed E-state index contributed by atoms with van der Waals surface area (Å²) in [5, 5.41) is 2.88. The van der Waals surface area contributed by atoms with Crippen LogP contribution in [0.3, 0.4) is 0 Å². The monoisotopic (exact) mass is 294 g/mol. The fourth-order valence-electron chi connectivity index (χ4n) is 1.88. The molecule has 0 aliphatic rings. The van der Waals surface area contributed by atoms with Gasteiger partial charge in [0.05, 0.1) is 5.69 Å². The van der Waals surface area contributed by atoms with E-state index in [4.69, 9.17) is 0 Å². The summed E-state index contributed by atoms with van der Waals surface area (Å²) in [4.78, 5) is 7.34. The number of rotatable bonds is 7. The van der Waals surface area contributed by atoms with Crippen molar-refractivity contribution in [2.24, 2.45) is 0 Å². The lowest BCUT2D eigenvalue weighted by Crippen LogP contribution is -2.25. The first-order valence-corrected chi connectivity index (χ1v) is 7.86. The number of imidazole rings is 1. The smallest absolute Gasteiger partial charge is 0.242 e. The minimum Gasteiger partial charge on any atom is -0.387 e. The third-order valence-electron chi connectivity index (χ3n) is 2.88. The van der Waals surface area contributed by atoms with Gasteiger partial charge in [-0.2, -0.15) is 0 Å². The third kappa shape index (κ3) is 3.58. The summed E-state index contributed by atoms with van der Waals surface area (Å²) in [5.41, 5.74) is 0.589. The molecule has 7 heteroatoms.